The number of nitrogen functional groups attached to an aromatic ring is 1. The zero-order valence-electron chi connectivity index (χ0n) is 12.1. The molecule has 0 bridgehead atoms. The Balaban J connectivity index is 2.23. The fourth-order valence-electron chi connectivity index (χ4n) is 2.37. The zero-order valence-corrected chi connectivity index (χ0v) is 12.1. The Hall–Kier alpha value is -2.29. The van der Waals surface area contributed by atoms with Gasteiger partial charge in [0, 0.05) is 23.7 Å². The summed E-state index contributed by atoms with van der Waals surface area (Å²) in [6.45, 7) is 4.06. The summed E-state index contributed by atoms with van der Waals surface area (Å²) in [5.41, 5.74) is 10.3. The summed E-state index contributed by atoms with van der Waals surface area (Å²) < 4.78 is 5.09. The summed E-state index contributed by atoms with van der Waals surface area (Å²) in [5.74, 6) is 0.681. The molecular formula is C17H19NO2. The van der Waals surface area contributed by atoms with E-state index >= 15 is 0 Å². The van der Waals surface area contributed by atoms with Crippen LogP contribution in [-0.4, -0.2) is 12.9 Å². The van der Waals surface area contributed by atoms with Crippen LogP contribution in [0.1, 0.15) is 27.0 Å². The first-order valence-corrected chi connectivity index (χ1v) is 6.53. The first-order chi connectivity index (χ1) is 9.49. The Morgan fingerprint density at radius 2 is 1.75 bits per heavy atom. The molecule has 0 aliphatic rings. The summed E-state index contributed by atoms with van der Waals surface area (Å²) in [5, 5.41) is 0. The van der Waals surface area contributed by atoms with Crippen LogP contribution in [0.25, 0.3) is 0 Å². The van der Waals surface area contributed by atoms with Crippen molar-refractivity contribution in [2.45, 2.75) is 20.3 Å². The summed E-state index contributed by atoms with van der Waals surface area (Å²) >= 11 is 0. The van der Waals surface area contributed by atoms with Gasteiger partial charge in [0.05, 0.1) is 7.11 Å². The van der Waals surface area contributed by atoms with Crippen molar-refractivity contribution in [3.63, 3.8) is 0 Å². The molecule has 0 unspecified atom stereocenters. The van der Waals surface area contributed by atoms with Crippen molar-refractivity contribution < 1.29 is 9.53 Å². The van der Waals surface area contributed by atoms with Gasteiger partial charge in [-0.2, -0.15) is 0 Å². The molecule has 0 heterocycles. The predicted molar refractivity (Wildman–Crippen MR) is 81.4 cm³/mol. The van der Waals surface area contributed by atoms with Gasteiger partial charge in [-0.1, -0.05) is 29.3 Å². The maximum atomic E-state index is 12.3. The Bertz CT molecular complexity index is 627. The van der Waals surface area contributed by atoms with Gasteiger partial charge in [-0.25, -0.2) is 0 Å². The van der Waals surface area contributed by atoms with Gasteiger partial charge >= 0.3 is 0 Å². The molecule has 2 aromatic rings. The Kier molecular flexibility index (Phi) is 4.08. The van der Waals surface area contributed by atoms with E-state index in [1.807, 2.05) is 26.0 Å². The maximum Gasteiger partial charge on any atom is 0.169 e. The number of hydrogen-bond donors (Lipinski definition) is 1. The molecule has 2 N–H and O–H groups in total. The van der Waals surface area contributed by atoms with Crippen LogP contribution in [-0.2, 0) is 6.42 Å². The second-order valence-electron chi connectivity index (χ2n) is 5.05. The fourth-order valence-corrected chi connectivity index (χ4v) is 2.37. The molecule has 0 radical (unpaired) electrons. The molecule has 0 saturated heterocycles. The number of ketones is 1. The highest BCUT2D eigenvalue weighted by Crippen LogP contribution is 2.21. The van der Waals surface area contributed by atoms with Crippen LogP contribution in [0.15, 0.2) is 36.4 Å². The van der Waals surface area contributed by atoms with Crippen LogP contribution in [0.4, 0.5) is 5.69 Å². The van der Waals surface area contributed by atoms with E-state index < -0.39 is 0 Å². The van der Waals surface area contributed by atoms with Gasteiger partial charge in [0.1, 0.15) is 5.75 Å². The molecule has 0 aliphatic carbocycles. The number of aryl methyl sites for hydroxylation is 2. The molecule has 0 amide bonds. The number of benzene rings is 2. The van der Waals surface area contributed by atoms with Crippen molar-refractivity contribution >= 4 is 11.5 Å². The van der Waals surface area contributed by atoms with Gasteiger partial charge in [-0.3, -0.25) is 4.79 Å². The fraction of sp³-hybridized carbons (Fsp3) is 0.235. The van der Waals surface area contributed by atoms with E-state index in [1.165, 1.54) is 0 Å². The lowest BCUT2D eigenvalue weighted by Crippen LogP contribution is -2.07. The highest BCUT2D eigenvalue weighted by Gasteiger charge is 2.12. The van der Waals surface area contributed by atoms with E-state index in [4.69, 9.17) is 10.5 Å². The summed E-state index contributed by atoms with van der Waals surface area (Å²) in [6, 6.07) is 11.3. The number of nitrogens with two attached hydrogens (primary N) is 1. The first-order valence-electron chi connectivity index (χ1n) is 6.53. The van der Waals surface area contributed by atoms with Crippen molar-refractivity contribution in [1.82, 2.24) is 0 Å². The molecule has 0 atom stereocenters. The van der Waals surface area contributed by atoms with E-state index in [1.54, 1.807) is 25.3 Å². The third-order valence-corrected chi connectivity index (χ3v) is 3.21. The molecule has 20 heavy (non-hydrogen) atoms. The lowest BCUT2D eigenvalue weighted by molar-refractivity contribution is 0.0994. The molecule has 2 rings (SSSR count). The van der Waals surface area contributed by atoms with Crippen LogP contribution in [0, 0.1) is 13.8 Å². The monoisotopic (exact) mass is 269 g/mol. The van der Waals surface area contributed by atoms with E-state index in [2.05, 4.69) is 6.07 Å². The van der Waals surface area contributed by atoms with Crippen molar-refractivity contribution in [1.29, 1.82) is 0 Å². The van der Waals surface area contributed by atoms with Gasteiger partial charge in [0.2, 0.25) is 0 Å². The number of anilines is 1. The average Bonchev–Trinajstić information content (AvgIpc) is 2.36. The number of ether oxygens (including phenoxy) is 1. The maximum absolute atomic E-state index is 12.3. The molecule has 0 fully saturated rings. The molecule has 0 saturated carbocycles. The molecule has 3 nitrogen and oxygen atoms in total. The number of methoxy groups -OCH3 is 1. The normalized spacial score (nSPS) is 10.3. The molecule has 0 spiro atoms. The lowest BCUT2D eigenvalue weighted by atomic mass is 9.99. The quantitative estimate of drug-likeness (QED) is 0.684. The van der Waals surface area contributed by atoms with Crippen molar-refractivity contribution in [2.24, 2.45) is 0 Å². The topological polar surface area (TPSA) is 52.3 Å². The van der Waals surface area contributed by atoms with Gasteiger partial charge in [0.15, 0.2) is 5.78 Å². The van der Waals surface area contributed by atoms with Crippen molar-refractivity contribution in [3.8, 4) is 5.75 Å². The van der Waals surface area contributed by atoms with Gasteiger partial charge in [0.25, 0.3) is 0 Å². The average molecular weight is 269 g/mol. The summed E-state index contributed by atoms with van der Waals surface area (Å²) in [7, 11) is 1.58. The Labute approximate surface area is 119 Å². The number of carbonyl (C=O) groups is 1. The van der Waals surface area contributed by atoms with Gasteiger partial charge < -0.3 is 10.5 Å². The third-order valence-electron chi connectivity index (χ3n) is 3.21. The number of carbonyl (C=O) groups excluding carboxylic acids is 1. The third kappa shape index (κ3) is 3.18. The molecular weight excluding hydrogens is 250 g/mol. The number of rotatable bonds is 4. The van der Waals surface area contributed by atoms with E-state index in [0.717, 1.165) is 16.7 Å². The molecule has 0 aromatic heterocycles. The SMILES string of the molecule is COc1ccc(C(=O)Cc2cc(C)cc(C)c2)c(N)c1. The number of hydrogen-bond acceptors (Lipinski definition) is 3. The summed E-state index contributed by atoms with van der Waals surface area (Å²) in [6.07, 6.45) is 0.360. The molecule has 104 valence electrons. The van der Waals surface area contributed by atoms with Crippen LogP contribution in [0.3, 0.4) is 0 Å². The summed E-state index contributed by atoms with van der Waals surface area (Å²) in [4.78, 5) is 12.3. The molecule has 2 aromatic carbocycles. The van der Waals surface area contributed by atoms with E-state index in [0.29, 0.717) is 23.4 Å². The smallest absolute Gasteiger partial charge is 0.169 e. The standard InChI is InChI=1S/C17H19NO2/c1-11-6-12(2)8-13(7-11)9-17(19)15-5-4-14(20-3)10-16(15)18/h4-8,10H,9,18H2,1-3H3. The van der Waals surface area contributed by atoms with Gasteiger partial charge in [-0.15, -0.1) is 0 Å². The predicted octanol–water partition coefficient (Wildman–Crippen LogP) is 3.32. The van der Waals surface area contributed by atoms with Crippen molar-refractivity contribution in [2.75, 3.05) is 12.8 Å². The van der Waals surface area contributed by atoms with Gasteiger partial charge in [-0.05, 0) is 31.5 Å². The Morgan fingerprint density at radius 3 is 2.30 bits per heavy atom. The molecule has 0 aliphatic heterocycles. The van der Waals surface area contributed by atoms with Crippen LogP contribution >= 0.6 is 0 Å². The highest BCUT2D eigenvalue weighted by molar-refractivity contribution is 6.02. The second kappa shape index (κ2) is 5.78. The van der Waals surface area contributed by atoms with E-state index in [9.17, 15) is 4.79 Å². The molecule has 3 heteroatoms. The first kappa shape index (κ1) is 14.1. The highest BCUT2D eigenvalue weighted by atomic mass is 16.5. The largest absolute Gasteiger partial charge is 0.497 e. The zero-order chi connectivity index (χ0) is 14.7. The van der Waals surface area contributed by atoms with Crippen LogP contribution in [0.2, 0.25) is 0 Å². The minimum absolute atomic E-state index is 0.0233. The van der Waals surface area contributed by atoms with Crippen LogP contribution in [0.5, 0.6) is 5.75 Å². The second-order valence-corrected chi connectivity index (χ2v) is 5.05. The van der Waals surface area contributed by atoms with Crippen LogP contribution < -0.4 is 10.5 Å². The van der Waals surface area contributed by atoms with E-state index in [-0.39, 0.29) is 5.78 Å². The Morgan fingerprint density at radius 1 is 1.10 bits per heavy atom. The minimum atomic E-state index is 0.0233. The number of Topliss-reactive ketones (excluding diaryl/α,β-unsaturated/α-hetero) is 1. The lowest BCUT2D eigenvalue weighted by Gasteiger charge is -2.08. The minimum Gasteiger partial charge on any atom is -0.497 e. The van der Waals surface area contributed by atoms with Crippen molar-refractivity contribution in [3.05, 3.63) is 58.7 Å².